The summed E-state index contributed by atoms with van der Waals surface area (Å²) in [5.41, 5.74) is 44.4. The first kappa shape index (κ1) is 88.3. The van der Waals surface area contributed by atoms with E-state index in [4.69, 9.17) is 9.47 Å². The first-order valence-electron chi connectivity index (χ1n) is 46.5. The number of benzene rings is 12. The molecular weight excluding hydrogens is 1450 g/mol. The summed E-state index contributed by atoms with van der Waals surface area (Å²) in [6.07, 6.45) is 34.0. The third-order valence-corrected chi connectivity index (χ3v) is 27.6. The van der Waals surface area contributed by atoms with Gasteiger partial charge in [-0.1, -0.05) is 440 Å². The van der Waals surface area contributed by atoms with Crippen LogP contribution < -0.4 is 0 Å². The topological polar surface area (TPSA) is 18.5 Å². The predicted octanol–water partition coefficient (Wildman–Crippen LogP) is 33.0. The van der Waals surface area contributed by atoms with Crippen molar-refractivity contribution in [3.8, 4) is 66.8 Å². The molecule has 624 valence electrons. The summed E-state index contributed by atoms with van der Waals surface area (Å²) in [6.45, 7) is 28.8. The van der Waals surface area contributed by atoms with Gasteiger partial charge < -0.3 is 9.47 Å². The maximum Gasteiger partial charge on any atom is 0.0462 e. The van der Waals surface area contributed by atoms with Gasteiger partial charge in [-0.25, -0.2) is 0 Å². The second kappa shape index (κ2) is 41.4. The number of ether oxygens (including phenoxy) is 2. The quantitative estimate of drug-likeness (QED) is 0.0455. The molecule has 0 amide bonds. The summed E-state index contributed by atoms with van der Waals surface area (Å²) >= 11 is 0. The van der Waals surface area contributed by atoms with Crippen molar-refractivity contribution >= 4 is 0 Å². The molecule has 0 unspecified atom stereocenters. The molecule has 0 N–H and O–H groups in total. The zero-order valence-corrected chi connectivity index (χ0v) is 75.9. The first-order chi connectivity index (χ1) is 58.4. The molecule has 0 aliphatic heterocycles. The molecule has 0 heterocycles. The van der Waals surface area contributed by atoms with Gasteiger partial charge in [0.15, 0.2) is 0 Å². The number of hydrogen-bond acceptors (Lipinski definition) is 2. The van der Waals surface area contributed by atoms with E-state index in [-0.39, 0.29) is 21.7 Å². The number of unbranched alkanes of at least 4 members (excludes halogenated alkanes) is 16. The molecule has 6 aliphatic rings. The maximum absolute atomic E-state index is 5.23. The maximum atomic E-state index is 5.23. The highest BCUT2D eigenvalue weighted by Gasteiger charge is 2.44. The number of fused-ring (bicyclic) bond motifs is 18. The van der Waals surface area contributed by atoms with Crippen LogP contribution in [0.2, 0.25) is 0 Å². The van der Waals surface area contributed by atoms with Gasteiger partial charge in [-0.15, -0.1) is 0 Å². The van der Waals surface area contributed by atoms with Crippen LogP contribution in [0, 0.1) is 41.5 Å². The number of rotatable bonds is 28. The van der Waals surface area contributed by atoms with Crippen LogP contribution in [0.25, 0.3) is 66.8 Å². The fraction of sp³-hybridized carbons (Fsp3) is 0.390. The SMILES string of the molecule is CCCCCCCCC1(CCCCCCCC)c2ccccc2-c2ccc(C)cc21.COCCCCCCC1(CCCCCCOC)c2ccccc2-c2ccc(C)cc21.Cc1ccc2c(c1)-c1ccccc1C2.Cc1ccc2c(c1)-c1ccccc1C2(C)C.Cc1ccc2c(c1)C(C)(C)c1ccccc1-2.Cc1cccc2c1-c1ccccc1C2. The minimum Gasteiger partial charge on any atom is -0.385 e. The summed E-state index contributed by atoms with van der Waals surface area (Å²) in [4.78, 5) is 0. The molecule has 0 spiro atoms. The van der Waals surface area contributed by atoms with Gasteiger partial charge in [0, 0.05) is 49.1 Å². The standard InChI is InChI=1S/C30H44.C28H40O2.2C16H16.2C14H12/c1-4-6-8-10-12-16-22-30(23-17-13-11-9-7-5-2)28-19-15-14-18-26(28)27-21-20-25(3)24-29(27)30;1-23-16-17-25-24-14-8-9-15-26(24)28(27(25)22-23,18-10-4-6-12-20-29-2)19-11-5-7-13-21-30-3;1-11-8-9-15-13(10-11)12-6-4-5-7-14(12)16(15,2)3;1-11-8-9-13-12-6-4-5-7-14(12)16(2,3)15(13)10-11;1-10-5-4-7-12-9-11-6-2-3-8-13(11)14(10)12;1-10-6-7-12-9-11-4-2-3-5-13(11)14(12)8-10/h14-15,18-21,24H,4-13,16-17,22-23H2,1-3H3;8-9,14-17,22H,4-7,10-13,18-21H2,1-3H3;2*4-10H,1-3H3;2*2-8H,9H2,1H3. The number of hydrogen-bond donors (Lipinski definition) is 0. The van der Waals surface area contributed by atoms with Gasteiger partial charge in [-0.2, -0.15) is 0 Å². The molecule has 2 heteroatoms. The number of methoxy groups -OCH3 is 2. The van der Waals surface area contributed by atoms with Crippen LogP contribution in [0.3, 0.4) is 0 Å². The monoisotopic (exact) mass is 1590 g/mol. The summed E-state index contributed by atoms with van der Waals surface area (Å²) in [6, 6.07) is 94.7. The number of aryl methyl sites for hydroxylation is 6. The molecule has 0 saturated carbocycles. The van der Waals surface area contributed by atoms with Crippen molar-refractivity contribution in [3.05, 3.63) is 355 Å². The molecular formula is C118H140O2. The lowest BCUT2D eigenvalue weighted by Gasteiger charge is -2.33. The van der Waals surface area contributed by atoms with E-state index in [2.05, 4.69) is 338 Å². The van der Waals surface area contributed by atoms with Crippen molar-refractivity contribution in [2.24, 2.45) is 0 Å². The van der Waals surface area contributed by atoms with E-state index in [1.54, 1.807) is 36.5 Å². The Bertz CT molecular complexity index is 5210. The minimum atomic E-state index is 0.151. The van der Waals surface area contributed by atoms with Gasteiger partial charge in [0.05, 0.1) is 0 Å². The zero-order chi connectivity index (χ0) is 84.2. The molecule has 12 aromatic rings. The predicted molar refractivity (Wildman–Crippen MR) is 517 cm³/mol. The van der Waals surface area contributed by atoms with Crippen LogP contribution in [-0.4, -0.2) is 27.4 Å². The second-order valence-electron chi connectivity index (χ2n) is 37.1. The van der Waals surface area contributed by atoms with Crippen LogP contribution in [-0.2, 0) is 44.0 Å². The molecule has 0 saturated heterocycles. The Morgan fingerprint density at radius 2 is 0.542 bits per heavy atom. The Labute approximate surface area is 725 Å². The molecule has 6 aliphatic carbocycles. The molecule has 2 nitrogen and oxygen atoms in total. The average Bonchev–Trinajstić information content (AvgIpc) is 1.59. The Morgan fingerprint density at radius 1 is 0.233 bits per heavy atom. The van der Waals surface area contributed by atoms with E-state index in [9.17, 15) is 0 Å². The second-order valence-corrected chi connectivity index (χ2v) is 37.1. The van der Waals surface area contributed by atoms with Crippen LogP contribution in [0.1, 0.15) is 296 Å². The van der Waals surface area contributed by atoms with Crippen LogP contribution in [0.4, 0.5) is 0 Å². The Balaban J connectivity index is 0.000000128. The fourth-order valence-electron chi connectivity index (χ4n) is 21.2. The van der Waals surface area contributed by atoms with Gasteiger partial charge in [-0.3, -0.25) is 0 Å². The van der Waals surface area contributed by atoms with Gasteiger partial charge >= 0.3 is 0 Å². The van der Waals surface area contributed by atoms with Crippen LogP contribution in [0.15, 0.2) is 255 Å². The van der Waals surface area contributed by atoms with Crippen molar-refractivity contribution in [3.63, 3.8) is 0 Å². The van der Waals surface area contributed by atoms with Crippen molar-refractivity contribution in [2.45, 2.75) is 272 Å². The van der Waals surface area contributed by atoms with E-state index in [1.807, 2.05) is 0 Å². The normalized spacial score (nSPS) is 14.1. The Hall–Kier alpha value is -9.44. The molecule has 0 fully saturated rings. The highest BCUT2D eigenvalue weighted by Crippen LogP contribution is 2.57. The van der Waals surface area contributed by atoms with E-state index in [0.29, 0.717) is 0 Å². The summed E-state index contributed by atoms with van der Waals surface area (Å²) in [5.74, 6) is 0. The van der Waals surface area contributed by atoms with Crippen molar-refractivity contribution < 1.29 is 9.47 Å². The van der Waals surface area contributed by atoms with Crippen molar-refractivity contribution in [1.29, 1.82) is 0 Å². The lowest BCUT2D eigenvalue weighted by Crippen LogP contribution is -2.25. The van der Waals surface area contributed by atoms with Crippen LogP contribution in [0.5, 0.6) is 0 Å². The average molecular weight is 1590 g/mol. The van der Waals surface area contributed by atoms with Gasteiger partial charge in [0.2, 0.25) is 0 Å². The van der Waals surface area contributed by atoms with E-state index in [1.165, 1.54) is 299 Å². The fourth-order valence-corrected chi connectivity index (χ4v) is 21.2. The van der Waals surface area contributed by atoms with Crippen molar-refractivity contribution in [2.75, 3.05) is 27.4 Å². The Kier molecular flexibility index (Phi) is 30.5. The molecule has 0 bridgehead atoms. The third kappa shape index (κ3) is 19.8. The van der Waals surface area contributed by atoms with Gasteiger partial charge in [-0.05, 0) is 232 Å². The lowest BCUT2D eigenvalue weighted by atomic mass is 9.70. The molecule has 0 aromatic heterocycles. The molecule has 0 atom stereocenters. The van der Waals surface area contributed by atoms with Crippen LogP contribution >= 0.6 is 0 Å². The highest BCUT2D eigenvalue weighted by molar-refractivity contribution is 5.85. The van der Waals surface area contributed by atoms with E-state index < -0.39 is 0 Å². The molecule has 18 rings (SSSR count). The highest BCUT2D eigenvalue weighted by atomic mass is 16.5. The smallest absolute Gasteiger partial charge is 0.0462 e. The van der Waals surface area contributed by atoms with E-state index >= 15 is 0 Å². The summed E-state index contributed by atoms with van der Waals surface area (Å²) < 4.78 is 10.5. The van der Waals surface area contributed by atoms with E-state index in [0.717, 1.165) is 26.1 Å². The van der Waals surface area contributed by atoms with Crippen molar-refractivity contribution in [1.82, 2.24) is 0 Å². The molecule has 120 heavy (non-hydrogen) atoms. The summed E-state index contributed by atoms with van der Waals surface area (Å²) in [5, 5.41) is 0. The Morgan fingerprint density at radius 3 is 1.02 bits per heavy atom. The minimum absolute atomic E-state index is 0.151. The summed E-state index contributed by atoms with van der Waals surface area (Å²) in [7, 11) is 3.60. The van der Waals surface area contributed by atoms with Gasteiger partial charge in [0.1, 0.15) is 0 Å². The zero-order valence-electron chi connectivity index (χ0n) is 75.9. The first-order valence-corrected chi connectivity index (χ1v) is 46.5. The van der Waals surface area contributed by atoms with Gasteiger partial charge in [0.25, 0.3) is 0 Å². The largest absolute Gasteiger partial charge is 0.385 e. The lowest BCUT2D eigenvalue weighted by molar-refractivity contribution is 0.191. The third-order valence-electron chi connectivity index (χ3n) is 27.6. The molecule has 12 aromatic carbocycles. The molecule has 0 radical (unpaired) electrons.